The van der Waals surface area contributed by atoms with Gasteiger partial charge in [0.15, 0.2) is 5.82 Å². The van der Waals surface area contributed by atoms with Crippen LogP contribution in [0, 0.1) is 31.1 Å². The first-order chi connectivity index (χ1) is 18.7. The molecule has 0 bridgehead atoms. The van der Waals surface area contributed by atoms with Crippen molar-refractivity contribution < 1.29 is 56.7 Å². The summed E-state index contributed by atoms with van der Waals surface area (Å²) >= 11 is 0. The molecule has 3 aromatic rings. The molecule has 41 heavy (non-hydrogen) atoms. The van der Waals surface area contributed by atoms with E-state index in [0.29, 0.717) is 23.4 Å². The molecule has 234 valence electrons. The van der Waals surface area contributed by atoms with Gasteiger partial charge in [-0.3, -0.25) is 4.98 Å². The number of aromatic nitrogens is 5. The van der Waals surface area contributed by atoms with E-state index in [4.69, 9.17) is 4.74 Å². The van der Waals surface area contributed by atoms with Gasteiger partial charge in [-0.1, -0.05) is 81.6 Å². The van der Waals surface area contributed by atoms with Crippen LogP contribution in [-0.4, -0.2) is 38.1 Å². The fraction of sp³-hybridized carbons (Fsp3) is 0.536. The third-order valence-corrected chi connectivity index (χ3v) is 4.58. The zero-order valence-corrected chi connectivity index (χ0v) is 28.8. The van der Waals surface area contributed by atoms with Crippen molar-refractivity contribution in [1.29, 1.82) is 0 Å². The minimum absolute atomic E-state index is 0. The minimum Gasteiger partial charge on any atom is -0.495 e. The maximum Gasteiger partial charge on any atom is 0.420 e. The number of halogens is 3. The Morgan fingerprint density at radius 3 is 2.00 bits per heavy atom. The second-order valence-corrected chi connectivity index (χ2v) is 7.77. The van der Waals surface area contributed by atoms with Gasteiger partial charge >= 0.3 is 12.2 Å². The number of carbonyl (C=O) groups excluding carboxylic acids is 1. The molecular weight excluding hydrogens is 761 g/mol. The summed E-state index contributed by atoms with van der Waals surface area (Å²) in [6.07, 6.45) is 7.62. The number of methoxy groups -OCH3 is 1. The second kappa shape index (κ2) is 24.0. The van der Waals surface area contributed by atoms with Crippen molar-refractivity contribution in [1.82, 2.24) is 25.0 Å². The maximum atomic E-state index is 13.4. The third-order valence-electron chi connectivity index (χ3n) is 4.58. The number of nitrogens with zero attached hydrogens (tertiary/aromatic N) is 5. The van der Waals surface area contributed by atoms with Crippen molar-refractivity contribution in [3.63, 3.8) is 0 Å². The number of rotatable bonds is 7. The van der Waals surface area contributed by atoms with Gasteiger partial charge in [0, 0.05) is 39.5 Å². The van der Waals surface area contributed by atoms with Crippen molar-refractivity contribution in [2.45, 2.75) is 94.2 Å². The smallest absolute Gasteiger partial charge is 0.420 e. The number of hydrogen-bond donors (Lipinski definition) is 2. The number of urea groups is 1. The van der Waals surface area contributed by atoms with E-state index in [-0.39, 0.29) is 47.1 Å². The number of unbranched alkanes of at least 4 members (excludes halogenated alkanes) is 2. The van der Waals surface area contributed by atoms with Crippen LogP contribution in [-0.2, 0) is 12.6 Å². The van der Waals surface area contributed by atoms with Crippen LogP contribution in [0.3, 0.4) is 0 Å². The van der Waals surface area contributed by atoms with Crippen LogP contribution in [0.5, 0.6) is 5.75 Å². The molecule has 2 amide bonds. The summed E-state index contributed by atoms with van der Waals surface area (Å²) in [5.41, 5.74) is -0.166. The summed E-state index contributed by atoms with van der Waals surface area (Å²) < 4.78 is 45.5. The average molecular weight is 812 g/mol. The molecule has 2 N–H and O–H groups in total. The molecule has 0 saturated carbocycles. The summed E-state index contributed by atoms with van der Waals surface area (Å²) in [6.45, 7) is 14.5. The van der Waals surface area contributed by atoms with Gasteiger partial charge in [-0.05, 0) is 12.5 Å². The molecule has 3 rings (SSSR count). The van der Waals surface area contributed by atoms with Crippen LogP contribution < -0.4 is 15.4 Å². The Balaban J connectivity index is -0.000000303. The predicted molar refractivity (Wildman–Crippen MR) is 160 cm³/mol. The van der Waals surface area contributed by atoms with E-state index in [1.165, 1.54) is 57.6 Å². The predicted octanol–water partition coefficient (Wildman–Crippen LogP) is 9.06. The Bertz CT molecular complexity index is 1090. The van der Waals surface area contributed by atoms with Gasteiger partial charge in [-0.15, -0.1) is 4.80 Å². The minimum atomic E-state index is -4.73. The van der Waals surface area contributed by atoms with Crippen molar-refractivity contribution in [2.75, 3.05) is 17.7 Å². The number of nitrogens with one attached hydrogen (secondary N) is 2. The first kappa shape index (κ1) is 42.8. The zero-order chi connectivity index (χ0) is 29.8. The number of hydrogen-bond acceptors (Lipinski definition) is 6. The fourth-order valence-electron chi connectivity index (χ4n) is 2.97. The van der Waals surface area contributed by atoms with E-state index in [2.05, 4.69) is 58.5 Å². The number of carbonyl (C=O) groups is 1. The monoisotopic (exact) mass is 811 g/mol. The molecule has 3 heterocycles. The number of alkyl halides is 3. The molecule has 3 aromatic heterocycles. The second-order valence-electron chi connectivity index (χ2n) is 7.77. The van der Waals surface area contributed by atoms with Gasteiger partial charge < -0.3 is 15.4 Å². The molecule has 0 saturated heterocycles. The Hall–Kier alpha value is -2.65. The van der Waals surface area contributed by atoms with Crippen LogP contribution in [0.15, 0.2) is 37.1 Å². The first-order valence-corrected chi connectivity index (χ1v) is 13.2. The van der Waals surface area contributed by atoms with Gasteiger partial charge in [-0.2, -0.15) is 23.4 Å². The van der Waals surface area contributed by atoms with Crippen molar-refractivity contribution in [3.05, 3.63) is 48.2 Å². The molecule has 0 aliphatic carbocycles. The van der Waals surface area contributed by atoms with Gasteiger partial charge in [-0.25, -0.2) is 9.78 Å². The summed E-state index contributed by atoms with van der Waals surface area (Å²) in [5, 5.41) is 12.2. The van der Waals surface area contributed by atoms with Crippen molar-refractivity contribution in [3.8, 4) is 11.6 Å². The standard InChI is InChI=1S/C17H16F3N7O2.C5H12.C3H8.C2H6.CH4.U.2H2/c1-3-11-13(8-21-9-14(11)29-2)26-16(28)25-10-6-12(17(18,19)20)15(22-7-10)27-23-4-5-24-27;1-3-5-4-2;1-3-2;1-2;;;;/h4-9H,3H2,1-2H3,(H2,25,26,28);3-5H2,1-2H3;3H2,1-2H3;1-2H3;1H4;;2*1H. The van der Waals surface area contributed by atoms with Crippen LogP contribution >= 0.6 is 0 Å². The number of ether oxygens (including phenoxy) is 1. The van der Waals surface area contributed by atoms with Gasteiger partial charge in [0.05, 0.1) is 49.5 Å². The molecule has 0 fully saturated rings. The molecule has 0 aromatic carbocycles. The maximum absolute atomic E-state index is 13.4. The molecule has 0 aliphatic rings. The summed E-state index contributed by atoms with van der Waals surface area (Å²) in [5.74, 6) is -0.0128. The molecule has 9 nitrogen and oxygen atoms in total. The van der Waals surface area contributed by atoms with E-state index in [1.807, 2.05) is 20.8 Å². The molecule has 0 unspecified atom stereocenters. The summed E-state index contributed by atoms with van der Waals surface area (Å²) in [7, 11) is 1.47. The van der Waals surface area contributed by atoms with E-state index in [0.717, 1.165) is 17.1 Å². The Morgan fingerprint density at radius 1 is 1.00 bits per heavy atom. The topological polar surface area (TPSA) is 107 Å². The van der Waals surface area contributed by atoms with E-state index in [9.17, 15) is 18.0 Å². The zero-order valence-electron chi connectivity index (χ0n) is 24.7. The normalized spacial score (nSPS) is 9.54. The van der Waals surface area contributed by atoms with Gasteiger partial charge in [0.2, 0.25) is 0 Å². The Morgan fingerprint density at radius 2 is 1.56 bits per heavy atom. The van der Waals surface area contributed by atoms with Crippen LogP contribution in [0.4, 0.5) is 29.3 Å². The number of pyridine rings is 2. The SMILES string of the molecule is C.CC.CCC.CCCCC.CCc1c(NC(=O)Nc2cnc(-n3nccn3)c(C(F)(F)F)c2)cncc1OC.[HH].[HH].[U]. The van der Waals surface area contributed by atoms with Gasteiger partial charge in [0.1, 0.15) is 11.3 Å². The largest absolute Gasteiger partial charge is 0.495 e. The van der Waals surface area contributed by atoms with Crippen LogP contribution in [0.2, 0.25) is 0 Å². The third kappa shape index (κ3) is 15.2. The Labute approximate surface area is 269 Å². The molecular formula is C28H50F3N7O2U. The summed E-state index contributed by atoms with van der Waals surface area (Å²) in [6, 6.07) is 0.00479. The van der Waals surface area contributed by atoms with E-state index < -0.39 is 23.6 Å². The summed E-state index contributed by atoms with van der Waals surface area (Å²) in [4.78, 5) is 20.8. The van der Waals surface area contributed by atoms with Crippen molar-refractivity contribution in [2.24, 2.45) is 0 Å². The quantitative estimate of drug-likeness (QED) is 0.247. The van der Waals surface area contributed by atoms with Crippen molar-refractivity contribution >= 4 is 17.4 Å². The molecule has 0 spiro atoms. The van der Waals surface area contributed by atoms with E-state index >= 15 is 0 Å². The van der Waals surface area contributed by atoms with E-state index in [1.54, 1.807) is 0 Å². The number of amides is 2. The first-order valence-electron chi connectivity index (χ1n) is 13.2. The van der Waals surface area contributed by atoms with Crippen LogP contribution in [0.25, 0.3) is 5.82 Å². The molecule has 0 atom stereocenters. The van der Waals surface area contributed by atoms with Crippen LogP contribution in [0.1, 0.15) is 95.6 Å². The molecule has 0 aliphatic heterocycles. The van der Waals surface area contributed by atoms with Gasteiger partial charge in [0.25, 0.3) is 0 Å². The molecule has 0 radical (unpaired) electrons. The Kier molecular flexibility index (Phi) is 25.1. The average Bonchev–Trinajstić information content (AvgIpc) is 3.45. The number of anilines is 2. The molecule has 13 heteroatoms. The fourth-order valence-corrected chi connectivity index (χ4v) is 2.97.